The Hall–Kier alpha value is -0.820. The van der Waals surface area contributed by atoms with Crippen molar-refractivity contribution in [1.82, 2.24) is 0 Å². The summed E-state index contributed by atoms with van der Waals surface area (Å²) >= 11 is 0. The fraction of sp³-hybridized carbons (Fsp3) is 0.538. The highest BCUT2D eigenvalue weighted by Crippen LogP contribution is 2.34. The molecule has 1 aromatic carbocycles. The lowest BCUT2D eigenvalue weighted by Gasteiger charge is -2.14. The van der Waals surface area contributed by atoms with Crippen LogP contribution in [-0.2, 0) is 6.42 Å². The van der Waals surface area contributed by atoms with Gasteiger partial charge in [-0.15, -0.1) is 0 Å². The second kappa shape index (κ2) is 4.14. The van der Waals surface area contributed by atoms with Crippen LogP contribution in [0, 0.1) is 0 Å². The Balaban J connectivity index is 2.16. The zero-order valence-corrected chi connectivity index (χ0v) is 8.74. The second-order valence-corrected chi connectivity index (χ2v) is 4.20. The topological polar surface area (TPSA) is 20.2 Å². The summed E-state index contributed by atoms with van der Waals surface area (Å²) in [6, 6.07) is 8.72. The maximum absolute atomic E-state index is 9.77. The van der Waals surface area contributed by atoms with E-state index in [1.165, 1.54) is 17.5 Å². The molecule has 0 heterocycles. The zero-order chi connectivity index (χ0) is 9.97. The molecular formula is C13H18O. The van der Waals surface area contributed by atoms with E-state index < -0.39 is 0 Å². The quantitative estimate of drug-likeness (QED) is 0.760. The molecule has 1 nitrogen and oxygen atoms in total. The van der Waals surface area contributed by atoms with Crippen LogP contribution >= 0.6 is 0 Å². The lowest BCUT2D eigenvalue weighted by atomic mass is 9.95. The normalized spacial score (nSPS) is 26.7. The first-order chi connectivity index (χ1) is 6.81. The van der Waals surface area contributed by atoms with Crippen molar-refractivity contribution >= 4 is 0 Å². The standard InChI is InChI=1S/C13H18O/c1-2-10-6-8-11(9-7-10)12-4-3-5-13(12)14/h6-9,12-14H,2-5H2,1H3/t12-,13+/m0/s1. The highest BCUT2D eigenvalue weighted by atomic mass is 16.3. The van der Waals surface area contributed by atoms with E-state index in [2.05, 4.69) is 31.2 Å². The van der Waals surface area contributed by atoms with Crippen LogP contribution in [0.15, 0.2) is 24.3 Å². The van der Waals surface area contributed by atoms with Gasteiger partial charge >= 0.3 is 0 Å². The van der Waals surface area contributed by atoms with Crippen molar-refractivity contribution in [3.63, 3.8) is 0 Å². The van der Waals surface area contributed by atoms with Gasteiger partial charge in [-0.3, -0.25) is 0 Å². The third-order valence-electron chi connectivity index (χ3n) is 3.30. The maximum Gasteiger partial charge on any atom is 0.0608 e. The average Bonchev–Trinajstić information content (AvgIpc) is 2.65. The Morgan fingerprint density at radius 1 is 1.21 bits per heavy atom. The minimum absolute atomic E-state index is 0.109. The van der Waals surface area contributed by atoms with E-state index in [-0.39, 0.29) is 6.10 Å². The summed E-state index contributed by atoms with van der Waals surface area (Å²) in [7, 11) is 0. The molecule has 0 amide bonds. The molecule has 1 N–H and O–H groups in total. The van der Waals surface area contributed by atoms with E-state index in [0.717, 1.165) is 19.3 Å². The van der Waals surface area contributed by atoms with Crippen molar-refractivity contribution in [3.05, 3.63) is 35.4 Å². The Bertz CT molecular complexity index is 289. The van der Waals surface area contributed by atoms with Crippen molar-refractivity contribution in [2.75, 3.05) is 0 Å². The molecule has 2 rings (SSSR count). The Kier molecular flexibility index (Phi) is 2.87. The average molecular weight is 190 g/mol. The summed E-state index contributed by atoms with van der Waals surface area (Å²) in [6.45, 7) is 2.17. The van der Waals surface area contributed by atoms with Gasteiger partial charge in [0.15, 0.2) is 0 Å². The lowest BCUT2D eigenvalue weighted by molar-refractivity contribution is 0.164. The first kappa shape index (κ1) is 9.72. The number of aryl methyl sites for hydroxylation is 1. The minimum atomic E-state index is -0.109. The molecule has 0 spiro atoms. The highest BCUT2D eigenvalue weighted by Gasteiger charge is 2.26. The van der Waals surface area contributed by atoms with Crippen LogP contribution in [0.1, 0.15) is 43.2 Å². The van der Waals surface area contributed by atoms with Gasteiger partial charge in [-0.1, -0.05) is 37.6 Å². The third kappa shape index (κ3) is 1.83. The minimum Gasteiger partial charge on any atom is -0.392 e. The fourth-order valence-corrected chi connectivity index (χ4v) is 2.33. The first-order valence-corrected chi connectivity index (χ1v) is 5.58. The molecule has 0 bridgehead atoms. The summed E-state index contributed by atoms with van der Waals surface area (Å²) in [5.41, 5.74) is 2.69. The molecule has 0 unspecified atom stereocenters. The number of benzene rings is 1. The molecule has 0 saturated heterocycles. The molecule has 0 aliphatic heterocycles. The zero-order valence-electron chi connectivity index (χ0n) is 8.74. The van der Waals surface area contributed by atoms with Gasteiger partial charge in [-0.25, -0.2) is 0 Å². The van der Waals surface area contributed by atoms with Crippen molar-refractivity contribution in [2.45, 2.75) is 44.6 Å². The number of aliphatic hydroxyl groups is 1. The van der Waals surface area contributed by atoms with E-state index in [1.54, 1.807) is 0 Å². The summed E-state index contributed by atoms with van der Waals surface area (Å²) in [4.78, 5) is 0. The van der Waals surface area contributed by atoms with Crippen LogP contribution < -0.4 is 0 Å². The molecule has 1 aromatic rings. The number of hydrogen-bond donors (Lipinski definition) is 1. The van der Waals surface area contributed by atoms with E-state index in [0.29, 0.717) is 5.92 Å². The number of rotatable bonds is 2. The van der Waals surface area contributed by atoms with Gasteiger partial charge in [0.2, 0.25) is 0 Å². The fourth-order valence-electron chi connectivity index (χ4n) is 2.33. The van der Waals surface area contributed by atoms with Gasteiger partial charge in [-0.2, -0.15) is 0 Å². The van der Waals surface area contributed by atoms with Gasteiger partial charge in [0.05, 0.1) is 6.10 Å². The molecule has 1 aliphatic rings. The summed E-state index contributed by atoms with van der Waals surface area (Å²) in [5, 5.41) is 9.77. The van der Waals surface area contributed by atoms with Gasteiger partial charge in [0, 0.05) is 5.92 Å². The van der Waals surface area contributed by atoms with Crippen LogP contribution in [-0.4, -0.2) is 11.2 Å². The van der Waals surface area contributed by atoms with Gasteiger partial charge < -0.3 is 5.11 Å². The monoisotopic (exact) mass is 190 g/mol. The lowest BCUT2D eigenvalue weighted by Crippen LogP contribution is -2.10. The van der Waals surface area contributed by atoms with Crippen LogP contribution in [0.4, 0.5) is 0 Å². The van der Waals surface area contributed by atoms with E-state index >= 15 is 0 Å². The van der Waals surface area contributed by atoms with Crippen molar-refractivity contribution < 1.29 is 5.11 Å². The third-order valence-corrected chi connectivity index (χ3v) is 3.30. The molecule has 1 aliphatic carbocycles. The van der Waals surface area contributed by atoms with Gasteiger partial charge in [0.1, 0.15) is 0 Å². The maximum atomic E-state index is 9.77. The predicted molar refractivity (Wildman–Crippen MR) is 58.4 cm³/mol. The Morgan fingerprint density at radius 3 is 2.43 bits per heavy atom. The van der Waals surface area contributed by atoms with Crippen molar-refractivity contribution in [1.29, 1.82) is 0 Å². The predicted octanol–water partition coefficient (Wildman–Crippen LogP) is 2.88. The summed E-state index contributed by atoms with van der Waals surface area (Å²) in [6.07, 6.45) is 4.27. The summed E-state index contributed by atoms with van der Waals surface area (Å²) < 4.78 is 0. The SMILES string of the molecule is CCc1ccc([C@@H]2CCC[C@H]2O)cc1. The Labute approximate surface area is 85.8 Å². The van der Waals surface area contributed by atoms with Gasteiger partial charge in [-0.05, 0) is 30.4 Å². The van der Waals surface area contributed by atoms with Crippen LogP contribution in [0.5, 0.6) is 0 Å². The van der Waals surface area contributed by atoms with E-state index in [1.807, 2.05) is 0 Å². The molecule has 0 aromatic heterocycles. The van der Waals surface area contributed by atoms with E-state index in [4.69, 9.17) is 0 Å². The molecule has 1 fully saturated rings. The highest BCUT2D eigenvalue weighted by molar-refractivity contribution is 5.26. The smallest absolute Gasteiger partial charge is 0.0608 e. The molecule has 1 saturated carbocycles. The Morgan fingerprint density at radius 2 is 1.93 bits per heavy atom. The van der Waals surface area contributed by atoms with Crippen molar-refractivity contribution in [3.8, 4) is 0 Å². The first-order valence-electron chi connectivity index (χ1n) is 5.58. The van der Waals surface area contributed by atoms with Gasteiger partial charge in [0.25, 0.3) is 0 Å². The molecule has 2 atom stereocenters. The van der Waals surface area contributed by atoms with Crippen LogP contribution in [0.25, 0.3) is 0 Å². The largest absolute Gasteiger partial charge is 0.392 e. The van der Waals surface area contributed by atoms with Crippen LogP contribution in [0.3, 0.4) is 0 Å². The molecule has 76 valence electrons. The summed E-state index contributed by atoms with van der Waals surface area (Å²) in [5.74, 6) is 0.390. The van der Waals surface area contributed by atoms with Crippen LogP contribution in [0.2, 0.25) is 0 Å². The number of aliphatic hydroxyl groups excluding tert-OH is 1. The number of hydrogen-bond acceptors (Lipinski definition) is 1. The molecule has 1 heteroatoms. The van der Waals surface area contributed by atoms with E-state index in [9.17, 15) is 5.11 Å². The van der Waals surface area contributed by atoms with Crippen molar-refractivity contribution in [2.24, 2.45) is 0 Å². The molecule has 0 radical (unpaired) electrons. The molecule has 14 heavy (non-hydrogen) atoms. The second-order valence-electron chi connectivity index (χ2n) is 4.20. The molecular weight excluding hydrogens is 172 g/mol.